The summed E-state index contributed by atoms with van der Waals surface area (Å²) in [6, 6.07) is 14.9. The van der Waals surface area contributed by atoms with Gasteiger partial charge in [0.25, 0.3) is 0 Å². The van der Waals surface area contributed by atoms with Gasteiger partial charge in [0, 0.05) is 60.1 Å². The van der Waals surface area contributed by atoms with Gasteiger partial charge < -0.3 is 20.1 Å². The predicted molar refractivity (Wildman–Crippen MR) is 152 cm³/mol. The minimum Gasteiger partial charge on any atom is -0.494 e. The van der Waals surface area contributed by atoms with E-state index in [1.807, 2.05) is 23.5 Å². The largest absolute Gasteiger partial charge is 0.494 e. The molecule has 2 aliphatic heterocycles. The molecular formula is C29H34F3N3O4S. The van der Waals surface area contributed by atoms with Crippen LogP contribution in [0.3, 0.4) is 0 Å². The summed E-state index contributed by atoms with van der Waals surface area (Å²) in [5.74, 6) is -0.485. The van der Waals surface area contributed by atoms with Crippen molar-refractivity contribution in [3.63, 3.8) is 0 Å². The zero-order valence-corrected chi connectivity index (χ0v) is 23.0. The van der Waals surface area contributed by atoms with Crippen molar-refractivity contribution in [1.82, 2.24) is 4.90 Å². The van der Waals surface area contributed by atoms with Crippen LogP contribution in [0.15, 0.2) is 47.8 Å². The maximum absolute atomic E-state index is 11.6. The zero-order valence-electron chi connectivity index (χ0n) is 22.2. The van der Waals surface area contributed by atoms with Crippen LogP contribution in [-0.4, -0.2) is 67.4 Å². The highest BCUT2D eigenvalue weighted by molar-refractivity contribution is 7.17. The first-order chi connectivity index (χ1) is 19.2. The van der Waals surface area contributed by atoms with Crippen molar-refractivity contribution in [3.05, 3.63) is 53.4 Å². The number of nitrogens with one attached hydrogen (secondary N) is 1. The van der Waals surface area contributed by atoms with Crippen LogP contribution >= 0.6 is 11.3 Å². The molecule has 5 rings (SSSR count). The molecule has 1 aromatic heterocycles. The molecule has 0 saturated carbocycles. The number of carbonyl (C=O) groups excluding carboxylic acids is 1. The van der Waals surface area contributed by atoms with E-state index in [-0.39, 0.29) is 5.91 Å². The molecule has 1 fully saturated rings. The Morgan fingerprint density at radius 3 is 2.58 bits per heavy atom. The molecule has 1 amide bonds. The van der Waals surface area contributed by atoms with Crippen molar-refractivity contribution in [2.24, 2.45) is 0 Å². The number of nitrogens with zero attached hydrogens (tertiary/aromatic N) is 2. The Balaban J connectivity index is 0.000000357. The Hall–Kier alpha value is -3.31. The van der Waals surface area contributed by atoms with Gasteiger partial charge in [-0.2, -0.15) is 13.2 Å². The lowest BCUT2D eigenvalue weighted by molar-refractivity contribution is -0.152. The van der Waals surface area contributed by atoms with Gasteiger partial charge in [0.2, 0.25) is 5.91 Å². The normalized spacial score (nSPS) is 15.7. The molecule has 1 saturated heterocycles. The van der Waals surface area contributed by atoms with Crippen LogP contribution in [0.25, 0.3) is 10.1 Å². The Morgan fingerprint density at radius 1 is 1.05 bits per heavy atom. The molecule has 2 N–H and O–H groups in total. The lowest BCUT2D eigenvalue weighted by Gasteiger charge is -2.36. The lowest BCUT2D eigenvalue weighted by atomic mass is 10.0. The number of carboxylic acid groups (broad SMARTS) is 1. The Labute approximate surface area is 235 Å². The van der Waals surface area contributed by atoms with Crippen molar-refractivity contribution in [2.75, 3.05) is 49.5 Å². The molecule has 7 nitrogen and oxygen atoms in total. The fraction of sp³-hybridized carbons (Fsp3) is 0.448. The average molecular weight is 578 g/mol. The Kier molecular flexibility index (Phi) is 10.3. The molecule has 3 aromatic rings. The number of carbonyl (C=O) groups is 2. The molecule has 216 valence electrons. The number of rotatable bonds is 9. The van der Waals surface area contributed by atoms with Crippen molar-refractivity contribution < 1.29 is 32.6 Å². The van der Waals surface area contributed by atoms with Crippen LogP contribution in [-0.2, 0) is 16.0 Å². The molecule has 2 aromatic carbocycles. The van der Waals surface area contributed by atoms with Crippen molar-refractivity contribution in [3.8, 4) is 5.75 Å². The number of halogens is 3. The Bertz CT molecular complexity index is 1290. The molecule has 2 aliphatic rings. The third-order valence-electron chi connectivity index (χ3n) is 6.92. The summed E-state index contributed by atoms with van der Waals surface area (Å²) in [7, 11) is 0. The molecule has 3 heterocycles. The van der Waals surface area contributed by atoms with E-state index in [0.29, 0.717) is 13.0 Å². The van der Waals surface area contributed by atoms with Crippen molar-refractivity contribution >= 4 is 44.7 Å². The van der Waals surface area contributed by atoms with E-state index in [0.717, 1.165) is 63.4 Å². The molecule has 0 bridgehead atoms. The number of hydrogen-bond acceptors (Lipinski definition) is 6. The summed E-state index contributed by atoms with van der Waals surface area (Å²) in [5, 5.41) is 14.3. The molecule has 0 spiro atoms. The smallest absolute Gasteiger partial charge is 0.389 e. The zero-order chi connectivity index (χ0) is 28.5. The first-order valence-corrected chi connectivity index (χ1v) is 14.3. The van der Waals surface area contributed by atoms with Crippen molar-refractivity contribution in [1.29, 1.82) is 0 Å². The Morgan fingerprint density at radius 2 is 1.85 bits per heavy atom. The fourth-order valence-electron chi connectivity index (χ4n) is 4.78. The number of fused-ring (bicyclic) bond motifs is 2. The van der Waals surface area contributed by atoms with Crippen LogP contribution in [0.1, 0.15) is 37.7 Å². The first-order valence-electron chi connectivity index (χ1n) is 13.5. The second-order valence-electron chi connectivity index (χ2n) is 9.87. The monoisotopic (exact) mass is 577 g/mol. The van der Waals surface area contributed by atoms with E-state index in [4.69, 9.17) is 9.84 Å². The number of unbranched alkanes of at least 4 members (excludes halogenated alkanes) is 1. The van der Waals surface area contributed by atoms with Gasteiger partial charge >= 0.3 is 12.1 Å². The van der Waals surface area contributed by atoms with Crippen LogP contribution in [0, 0.1) is 0 Å². The molecule has 0 atom stereocenters. The number of amides is 1. The summed E-state index contributed by atoms with van der Waals surface area (Å²) in [6.45, 7) is 6.25. The van der Waals surface area contributed by atoms with E-state index in [9.17, 15) is 22.8 Å². The first kappa shape index (κ1) is 29.7. The van der Waals surface area contributed by atoms with Gasteiger partial charge in [-0.05, 0) is 61.0 Å². The average Bonchev–Trinajstić information content (AvgIpc) is 3.41. The van der Waals surface area contributed by atoms with Gasteiger partial charge in [0.15, 0.2) is 0 Å². The molecule has 0 radical (unpaired) electrons. The van der Waals surface area contributed by atoms with E-state index in [1.165, 1.54) is 21.3 Å². The number of piperazine rings is 1. The van der Waals surface area contributed by atoms with E-state index >= 15 is 0 Å². The number of aliphatic carboxylic acids is 1. The number of anilines is 2. The van der Waals surface area contributed by atoms with E-state index in [1.54, 1.807) is 0 Å². The minimum absolute atomic E-state index is 0.0942. The molecule has 0 aliphatic carbocycles. The lowest BCUT2D eigenvalue weighted by Crippen LogP contribution is -2.46. The maximum Gasteiger partial charge on any atom is 0.389 e. The quantitative estimate of drug-likeness (QED) is 0.296. The second-order valence-corrected chi connectivity index (χ2v) is 10.8. The summed E-state index contributed by atoms with van der Waals surface area (Å²) >= 11 is 1.82. The molecular weight excluding hydrogens is 543 g/mol. The second kappa shape index (κ2) is 13.8. The van der Waals surface area contributed by atoms with E-state index in [2.05, 4.69) is 50.8 Å². The predicted octanol–water partition coefficient (Wildman–Crippen LogP) is 6.18. The third kappa shape index (κ3) is 8.85. The number of benzene rings is 2. The highest BCUT2D eigenvalue weighted by atomic mass is 32.1. The summed E-state index contributed by atoms with van der Waals surface area (Å²) < 4.78 is 40.8. The number of thiophene rings is 1. The molecule has 40 heavy (non-hydrogen) atoms. The molecule has 11 heteroatoms. The van der Waals surface area contributed by atoms with Crippen LogP contribution < -0.4 is 15.0 Å². The van der Waals surface area contributed by atoms with Crippen LogP contribution in [0.5, 0.6) is 5.75 Å². The summed E-state index contributed by atoms with van der Waals surface area (Å²) in [5.41, 5.74) is 3.49. The number of ether oxygens (including phenoxy) is 1. The highest BCUT2D eigenvalue weighted by Crippen LogP contribution is 2.31. The number of hydrogen-bond donors (Lipinski definition) is 2. The minimum atomic E-state index is -4.35. The number of alkyl halides is 3. The number of carboxylic acids is 1. The third-order valence-corrected chi connectivity index (χ3v) is 7.80. The van der Waals surface area contributed by atoms with E-state index < -0.39 is 25.0 Å². The fourth-order valence-corrected chi connectivity index (χ4v) is 5.59. The molecule has 0 unspecified atom stereocenters. The van der Waals surface area contributed by atoms with Crippen LogP contribution in [0.2, 0.25) is 0 Å². The standard InChI is InChI=1S/C25H29N3O2S.C4H5F3O2/c29-25-9-7-19-6-8-20(18-22(19)26-25)30-16-2-1-11-27-12-14-28(15-13-27)23-4-3-5-24-21(23)10-17-31-24;5-4(6,7)2-1-3(8)9/h3-6,8,10,17-18H,1-2,7,9,11-16H2,(H,26,29);1-2H2,(H,8,9). The maximum atomic E-state index is 11.6. The van der Waals surface area contributed by atoms with Gasteiger partial charge in [-0.15, -0.1) is 11.3 Å². The number of aryl methyl sites for hydroxylation is 1. The van der Waals surface area contributed by atoms with Crippen molar-refractivity contribution in [2.45, 2.75) is 44.7 Å². The van der Waals surface area contributed by atoms with Gasteiger partial charge in [0.05, 0.1) is 19.4 Å². The highest BCUT2D eigenvalue weighted by Gasteiger charge is 2.27. The SMILES string of the molecule is O=C(O)CCC(F)(F)F.O=C1CCc2ccc(OCCCCN3CCN(c4cccc5sccc45)CC3)cc2N1. The van der Waals surface area contributed by atoms with Gasteiger partial charge in [-0.3, -0.25) is 14.5 Å². The topological polar surface area (TPSA) is 82.1 Å². The summed E-state index contributed by atoms with van der Waals surface area (Å²) in [4.78, 5) is 26.2. The summed E-state index contributed by atoms with van der Waals surface area (Å²) in [6.07, 6.45) is -2.87. The van der Waals surface area contributed by atoms with Gasteiger partial charge in [-0.25, -0.2) is 0 Å². The van der Waals surface area contributed by atoms with Gasteiger partial charge in [0.1, 0.15) is 5.75 Å². The van der Waals surface area contributed by atoms with Crippen LogP contribution in [0.4, 0.5) is 24.5 Å². The van der Waals surface area contributed by atoms with Gasteiger partial charge in [-0.1, -0.05) is 12.1 Å².